The van der Waals surface area contributed by atoms with Gasteiger partial charge in [-0.15, -0.1) is 0 Å². The average Bonchev–Trinajstić information content (AvgIpc) is 1.96. The van der Waals surface area contributed by atoms with Crippen molar-refractivity contribution in [1.82, 2.24) is 0 Å². The van der Waals surface area contributed by atoms with Crippen molar-refractivity contribution in [1.29, 1.82) is 0 Å². The van der Waals surface area contributed by atoms with Gasteiger partial charge in [-0.3, -0.25) is 0 Å². The van der Waals surface area contributed by atoms with Gasteiger partial charge in [0.15, 0.2) is 0 Å². The summed E-state index contributed by atoms with van der Waals surface area (Å²) < 4.78 is 5.27. The van der Waals surface area contributed by atoms with Crippen LogP contribution < -0.4 is 0 Å². The van der Waals surface area contributed by atoms with Gasteiger partial charge in [0.05, 0.1) is 18.3 Å². The van der Waals surface area contributed by atoms with Gasteiger partial charge in [-0.25, -0.2) is 4.99 Å². The molecule has 0 N–H and O–H groups in total. The minimum Gasteiger partial charge on any atom is -0.379 e. The number of ether oxygens (including phenoxy) is 1. The van der Waals surface area contributed by atoms with Crippen LogP contribution in [0.15, 0.2) is 4.99 Å². The highest BCUT2D eigenvalue weighted by atomic mass is 32.1. The zero-order chi connectivity index (χ0) is 8.53. The van der Waals surface area contributed by atoms with E-state index in [1.807, 2.05) is 0 Å². The Bertz CT molecular complexity index is 130. The maximum atomic E-state index is 5.27. The Labute approximate surface area is 73.7 Å². The van der Waals surface area contributed by atoms with Crippen molar-refractivity contribution in [3.05, 3.63) is 0 Å². The molecule has 0 fully saturated rings. The Balaban J connectivity index is 2.96. The topological polar surface area (TPSA) is 21.6 Å². The van der Waals surface area contributed by atoms with Crippen molar-refractivity contribution >= 4 is 17.4 Å². The lowest BCUT2D eigenvalue weighted by Crippen LogP contribution is -2.02. The number of thiocarbonyl (C=S) groups is 1. The predicted octanol–water partition coefficient (Wildman–Crippen LogP) is 2.15. The summed E-state index contributed by atoms with van der Waals surface area (Å²) in [6.07, 6.45) is 1.11. The fourth-order valence-electron chi connectivity index (χ4n) is 0.577. The van der Waals surface area contributed by atoms with Crippen molar-refractivity contribution in [2.45, 2.75) is 20.3 Å². The van der Waals surface area contributed by atoms with Crippen LogP contribution >= 0.6 is 12.2 Å². The molecule has 0 radical (unpaired) electrons. The van der Waals surface area contributed by atoms with Gasteiger partial charge < -0.3 is 4.74 Å². The van der Waals surface area contributed by atoms with Crippen LogP contribution in [0.1, 0.15) is 20.3 Å². The van der Waals surface area contributed by atoms with Crippen LogP contribution in [0, 0.1) is 5.92 Å². The molecule has 0 spiro atoms. The monoisotopic (exact) mass is 173 g/mol. The summed E-state index contributed by atoms with van der Waals surface area (Å²) in [6.45, 7) is 6.49. The van der Waals surface area contributed by atoms with Crippen molar-refractivity contribution in [2.75, 3.05) is 19.8 Å². The molecule has 0 saturated heterocycles. The first-order valence-electron chi connectivity index (χ1n) is 3.88. The first-order valence-corrected chi connectivity index (χ1v) is 4.29. The Morgan fingerprint density at radius 3 is 2.73 bits per heavy atom. The number of nitrogens with zero attached hydrogens (tertiary/aromatic N) is 1. The van der Waals surface area contributed by atoms with Crippen LogP contribution in [0.5, 0.6) is 0 Å². The Hall–Kier alpha value is -0.240. The zero-order valence-electron chi connectivity index (χ0n) is 7.17. The van der Waals surface area contributed by atoms with E-state index in [1.165, 1.54) is 0 Å². The molecule has 0 atom stereocenters. The highest BCUT2D eigenvalue weighted by Crippen LogP contribution is 1.98. The fraction of sp³-hybridized carbons (Fsp3) is 0.875. The lowest BCUT2D eigenvalue weighted by molar-refractivity contribution is 0.131. The third kappa shape index (κ3) is 9.76. The maximum absolute atomic E-state index is 5.27. The number of hydrogen-bond acceptors (Lipinski definition) is 3. The molecule has 2 nitrogen and oxygen atoms in total. The summed E-state index contributed by atoms with van der Waals surface area (Å²) in [5.41, 5.74) is 0. The van der Waals surface area contributed by atoms with Crippen molar-refractivity contribution < 1.29 is 4.74 Å². The second-order valence-electron chi connectivity index (χ2n) is 2.77. The molecule has 0 aliphatic heterocycles. The normalized spacial score (nSPS) is 9.73. The van der Waals surface area contributed by atoms with E-state index in [0.717, 1.165) is 13.0 Å². The van der Waals surface area contributed by atoms with Crippen LogP contribution in [-0.2, 0) is 4.74 Å². The van der Waals surface area contributed by atoms with Crippen molar-refractivity contribution in [3.8, 4) is 0 Å². The van der Waals surface area contributed by atoms with Crippen LogP contribution in [0.4, 0.5) is 0 Å². The number of rotatable bonds is 6. The van der Waals surface area contributed by atoms with E-state index in [4.69, 9.17) is 4.74 Å². The van der Waals surface area contributed by atoms with Gasteiger partial charge in [-0.05, 0) is 24.6 Å². The third-order valence-corrected chi connectivity index (χ3v) is 1.38. The summed E-state index contributed by atoms with van der Waals surface area (Å²) >= 11 is 4.40. The van der Waals surface area contributed by atoms with Crippen molar-refractivity contribution in [2.24, 2.45) is 10.9 Å². The molecule has 0 amide bonds. The van der Waals surface area contributed by atoms with Gasteiger partial charge >= 0.3 is 0 Å². The SMILES string of the molecule is CC(C)CCOCCN=C=S. The summed E-state index contributed by atoms with van der Waals surface area (Å²) in [7, 11) is 0. The Kier molecular flexibility index (Phi) is 7.69. The molecule has 0 aliphatic carbocycles. The number of hydrogen-bond donors (Lipinski definition) is 0. The molecule has 0 saturated carbocycles. The number of isothiocyanates is 1. The highest BCUT2D eigenvalue weighted by Gasteiger charge is 1.92. The predicted molar refractivity (Wildman–Crippen MR) is 50.2 cm³/mol. The molecule has 0 aromatic rings. The molecule has 0 rings (SSSR count). The summed E-state index contributed by atoms with van der Waals surface area (Å²) in [4.78, 5) is 3.73. The largest absolute Gasteiger partial charge is 0.379 e. The molecule has 3 heteroatoms. The van der Waals surface area contributed by atoms with E-state index >= 15 is 0 Å². The van der Waals surface area contributed by atoms with Gasteiger partial charge in [0.25, 0.3) is 0 Å². The van der Waals surface area contributed by atoms with E-state index < -0.39 is 0 Å². The average molecular weight is 173 g/mol. The summed E-state index contributed by atoms with van der Waals surface area (Å²) in [6, 6.07) is 0. The standard InChI is InChI=1S/C8H15NOS/c1-8(2)3-5-10-6-4-9-7-11/h8H,3-6H2,1-2H3. The van der Waals surface area contributed by atoms with Gasteiger partial charge in [-0.2, -0.15) is 0 Å². The second-order valence-corrected chi connectivity index (χ2v) is 2.95. The lowest BCUT2D eigenvalue weighted by atomic mass is 10.1. The van der Waals surface area contributed by atoms with Gasteiger partial charge in [0.2, 0.25) is 0 Å². The first-order chi connectivity index (χ1) is 5.27. The summed E-state index contributed by atoms with van der Waals surface area (Å²) in [5.74, 6) is 0.712. The molecule has 0 aromatic heterocycles. The smallest absolute Gasteiger partial charge is 0.0727 e. The van der Waals surface area contributed by atoms with Crippen LogP contribution in [0.3, 0.4) is 0 Å². The fourth-order valence-corrected chi connectivity index (χ4v) is 0.668. The third-order valence-electron chi connectivity index (χ3n) is 1.25. The second kappa shape index (κ2) is 7.86. The Morgan fingerprint density at radius 2 is 2.18 bits per heavy atom. The first kappa shape index (κ1) is 10.8. The molecular formula is C8H15NOS. The van der Waals surface area contributed by atoms with E-state index in [0.29, 0.717) is 19.1 Å². The Morgan fingerprint density at radius 1 is 1.45 bits per heavy atom. The minimum absolute atomic E-state index is 0.640. The zero-order valence-corrected chi connectivity index (χ0v) is 7.99. The molecule has 11 heavy (non-hydrogen) atoms. The van der Waals surface area contributed by atoms with Crippen molar-refractivity contribution in [3.63, 3.8) is 0 Å². The van der Waals surface area contributed by atoms with Crippen LogP contribution in [0.25, 0.3) is 0 Å². The van der Waals surface area contributed by atoms with Crippen LogP contribution in [-0.4, -0.2) is 24.9 Å². The maximum Gasteiger partial charge on any atom is 0.0727 e. The van der Waals surface area contributed by atoms with Gasteiger partial charge in [0.1, 0.15) is 0 Å². The highest BCUT2D eigenvalue weighted by molar-refractivity contribution is 7.78. The number of aliphatic imine (C=N–C) groups is 1. The molecule has 0 bridgehead atoms. The molecule has 0 aromatic carbocycles. The quantitative estimate of drug-likeness (QED) is 0.349. The van der Waals surface area contributed by atoms with Gasteiger partial charge in [0, 0.05) is 6.61 Å². The minimum atomic E-state index is 0.640. The van der Waals surface area contributed by atoms with E-state index in [2.05, 4.69) is 36.2 Å². The van der Waals surface area contributed by atoms with Gasteiger partial charge in [-0.1, -0.05) is 13.8 Å². The lowest BCUT2D eigenvalue weighted by Gasteiger charge is -2.03. The molecule has 0 unspecified atom stereocenters. The molecular weight excluding hydrogens is 158 g/mol. The molecule has 64 valence electrons. The van der Waals surface area contributed by atoms with E-state index in [9.17, 15) is 0 Å². The van der Waals surface area contributed by atoms with E-state index in [-0.39, 0.29) is 0 Å². The van der Waals surface area contributed by atoms with Crippen LogP contribution in [0.2, 0.25) is 0 Å². The van der Waals surface area contributed by atoms with E-state index in [1.54, 1.807) is 0 Å². The molecule has 0 aliphatic rings. The molecule has 0 heterocycles. The summed E-state index contributed by atoms with van der Waals surface area (Å²) in [5, 5.41) is 2.30.